The van der Waals surface area contributed by atoms with E-state index in [1.165, 1.54) is 16.3 Å². The van der Waals surface area contributed by atoms with Crippen LogP contribution in [-0.2, 0) is 52.7 Å². The number of hydrazine groups is 1. The van der Waals surface area contributed by atoms with Crippen LogP contribution in [0.1, 0.15) is 69.8 Å². The molecule has 2 fully saturated rings. The fraction of sp³-hybridized carbons (Fsp3) is 0.525. The number of cyclic esters (lactones) is 1. The van der Waals surface area contributed by atoms with Crippen molar-refractivity contribution in [2.75, 3.05) is 33.5 Å². The Morgan fingerprint density at radius 3 is 2.58 bits per heavy atom. The number of esters is 1. The number of carbonyl (C=O) groups excluding carboxylic acids is 3. The minimum absolute atomic E-state index is 0. The first-order chi connectivity index (χ1) is 26.0. The fourth-order valence-corrected chi connectivity index (χ4v) is 8.59. The average Bonchev–Trinajstić information content (AvgIpc) is 3.77. The van der Waals surface area contributed by atoms with Crippen molar-refractivity contribution in [2.45, 2.75) is 97.2 Å². The maximum atomic E-state index is 14.2. The molecule has 2 saturated heterocycles. The zero-order valence-electron chi connectivity index (χ0n) is 34.3. The number of amides is 2. The second-order valence-corrected chi connectivity index (χ2v) is 16.1. The van der Waals surface area contributed by atoms with Crippen molar-refractivity contribution in [3.63, 3.8) is 0 Å². The molecule has 19 heteroatoms. The normalized spacial score (nSPS) is 22.1. The number of carbonyl (C=O) groups is 3. The van der Waals surface area contributed by atoms with Crippen molar-refractivity contribution in [1.82, 2.24) is 30.3 Å². The minimum Gasteiger partial charge on any atom is -0.464 e. The Morgan fingerprint density at radius 1 is 1.12 bits per heavy atom. The third-order valence-electron chi connectivity index (χ3n) is 10.6. The van der Waals surface area contributed by atoms with Crippen LogP contribution in [0.4, 0.5) is 0 Å². The SMILES string of the molecule is CCn1c(-c2cccnc2[C@H](C)OC)c2c3cc(ccc31)-c1csc(n1)C[C@H](NC(=O)[C@H]1OCCO[C@H]1C)C(=O)N1CCC[C@H](N1)C(=O)OCC(C)(C)C2.S.S.S.S.S. The molecule has 3 aliphatic heterocycles. The zero-order valence-corrected chi connectivity index (χ0v) is 40.2. The van der Waals surface area contributed by atoms with Crippen molar-refractivity contribution in [1.29, 1.82) is 0 Å². The summed E-state index contributed by atoms with van der Waals surface area (Å²) in [5, 5.41) is 8.14. The molecule has 0 aliphatic carbocycles. The molecule has 7 rings (SSSR count). The average molecular weight is 929 g/mol. The van der Waals surface area contributed by atoms with Crippen LogP contribution in [0.25, 0.3) is 33.4 Å². The van der Waals surface area contributed by atoms with Gasteiger partial charge in [0.15, 0.2) is 6.10 Å². The summed E-state index contributed by atoms with van der Waals surface area (Å²) in [5.74, 6) is -1.21. The van der Waals surface area contributed by atoms with Gasteiger partial charge in [0, 0.05) is 65.6 Å². The number of aryl methyl sites for hydroxylation is 1. The molecule has 2 N–H and O–H groups in total. The van der Waals surface area contributed by atoms with Crippen LogP contribution < -0.4 is 10.7 Å². The Morgan fingerprint density at radius 2 is 1.86 bits per heavy atom. The summed E-state index contributed by atoms with van der Waals surface area (Å²) in [7, 11) is 1.69. The maximum absolute atomic E-state index is 14.2. The summed E-state index contributed by atoms with van der Waals surface area (Å²) >= 11 is 1.44. The highest BCUT2D eigenvalue weighted by molar-refractivity contribution is 7.60. The van der Waals surface area contributed by atoms with Gasteiger partial charge in [-0.1, -0.05) is 19.9 Å². The van der Waals surface area contributed by atoms with Gasteiger partial charge in [-0.25, -0.2) is 10.4 Å². The van der Waals surface area contributed by atoms with Crippen molar-refractivity contribution in [3.05, 3.63) is 58.2 Å². The predicted molar refractivity (Wildman–Crippen MR) is 256 cm³/mol. The smallest absolute Gasteiger partial charge is 0.324 e. The Balaban J connectivity index is 0.00000240. The zero-order chi connectivity index (χ0) is 38.1. The molecular weight excluding hydrogens is 869 g/mol. The number of rotatable bonds is 6. The first-order valence-electron chi connectivity index (χ1n) is 18.8. The van der Waals surface area contributed by atoms with E-state index in [-0.39, 0.29) is 99.1 Å². The van der Waals surface area contributed by atoms with E-state index in [4.69, 9.17) is 28.9 Å². The molecule has 2 amide bonds. The van der Waals surface area contributed by atoms with Crippen LogP contribution in [0.5, 0.6) is 0 Å². The second-order valence-electron chi connectivity index (χ2n) is 15.1. The molecule has 5 atom stereocenters. The van der Waals surface area contributed by atoms with Crippen LogP contribution in [-0.4, -0.2) is 95.1 Å². The van der Waals surface area contributed by atoms with Gasteiger partial charge in [-0.15, -0.1) is 11.3 Å². The monoisotopic (exact) mass is 928 g/mol. The molecular formula is C40H60N6O7S6. The molecule has 3 aromatic heterocycles. The minimum atomic E-state index is -0.965. The summed E-state index contributed by atoms with van der Waals surface area (Å²) in [6.45, 7) is 12.1. The highest BCUT2D eigenvalue weighted by Crippen LogP contribution is 2.42. The Labute approximate surface area is 385 Å². The molecule has 0 saturated carbocycles. The fourth-order valence-electron chi connectivity index (χ4n) is 7.74. The second kappa shape index (κ2) is 22.6. The van der Waals surface area contributed by atoms with Crippen molar-refractivity contribution in [3.8, 4) is 22.5 Å². The van der Waals surface area contributed by atoms with Gasteiger partial charge < -0.3 is 28.8 Å². The summed E-state index contributed by atoms with van der Waals surface area (Å²) in [5.41, 5.74) is 9.48. The summed E-state index contributed by atoms with van der Waals surface area (Å²) in [6.07, 6.45) is 2.12. The Hall–Kier alpha value is -2.46. The van der Waals surface area contributed by atoms with E-state index >= 15 is 0 Å². The number of pyridine rings is 1. The lowest BCUT2D eigenvalue weighted by Crippen LogP contribution is -2.61. The lowest BCUT2D eigenvalue weighted by atomic mass is 9.84. The van der Waals surface area contributed by atoms with Gasteiger partial charge >= 0.3 is 5.97 Å². The molecule has 3 aliphatic rings. The number of ether oxygens (including phenoxy) is 4. The summed E-state index contributed by atoms with van der Waals surface area (Å²) < 4.78 is 25.6. The number of hydrogen-bond acceptors (Lipinski definition) is 11. The van der Waals surface area contributed by atoms with Gasteiger partial charge in [0.05, 0.1) is 54.1 Å². The number of nitrogens with zero attached hydrogens (tertiary/aromatic N) is 4. The van der Waals surface area contributed by atoms with Gasteiger partial charge in [-0.2, -0.15) is 67.5 Å². The van der Waals surface area contributed by atoms with Crippen LogP contribution in [0.15, 0.2) is 41.9 Å². The first-order valence-corrected chi connectivity index (χ1v) is 19.7. The molecule has 6 heterocycles. The van der Waals surface area contributed by atoms with Gasteiger partial charge in [0.25, 0.3) is 11.8 Å². The highest BCUT2D eigenvalue weighted by atomic mass is 32.1. The van der Waals surface area contributed by atoms with E-state index in [0.29, 0.717) is 37.4 Å². The number of benzene rings is 1. The number of methoxy groups -OCH3 is 1. The number of thiazole rings is 1. The molecule has 0 radical (unpaired) electrons. The standard InChI is InChI=1S/C40H50N6O7S.5H2S/c1-7-45-32-13-12-25-18-27(32)28(35(45)26-10-8-14-41-34(26)23(2)50-6)20-40(4,5)22-53-39(49)29-11-9-15-46(44-29)38(48)30(19-33-42-31(25)21-54-33)43-37(47)36-24(3)51-16-17-52-36;;;;;/h8,10,12-14,18,21,23-24,29-30,36,44H,7,9,11,15-17,19-20,22H2,1-6H3,(H,43,47);5*1H2/t23-,24-,29-,30-,36-;;;;;/m0...../s1. The lowest BCUT2D eigenvalue weighted by Gasteiger charge is -2.36. The van der Waals surface area contributed by atoms with E-state index in [1.54, 1.807) is 20.2 Å². The molecule has 328 valence electrons. The van der Waals surface area contributed by atoms with Crippen LogP contribution in [0.2, 0.25) is 0 Å². The van der Waals surface area contributed by atoms with Gasteiger partial charge in [-0.05, 0) is 69.9 Å². The topological polar surface area (TPSA) is 146 Å². The molecule has 4 aromatic rings. The number of fused-ring (bicyclic) bond motifs is 6. The Kier molecular flexibility index (Phi) is 20.2. The lowest BCUT2D eigenvalue weighted by molar-refractivity contribution is -0.164. The van der Waals surface area contributed by atoms with E-state index in [0.717, 1.165) is 51.2 Å². The van der Waals surface area contributed by atoms with Crippen LogP contribution in [0, 0.1) is 5.41 Å². The van der Waals surface area contributed by atoms with Crippen molar-refractivity contribution >= 4 is 108 Å². The predicted octanol–water partition coefficient (Wildman–Crippen LogP) is 5.57. The molecule has 0 unspecified atom stereocenters. The number of aromatic nitrogens is 3. The number of nitrogens with one attached hydrogen (secondary N) is 2. The van der Waals surface area contributed by atoms with Crippen LogP contribution >= 0.6 is 78.8 Å². The molecule has 13 nitrogen and oxygen atoms in total. The van der Waals surface area contributed by atoms with Gasteiger partial charge in [0.1, 0.15) is 12.1 Å². The molecule has 6 bridgehead atoms. The van der Waals surface area contributed by atoms with Crippen molar-refractivity contribution < 1.29 is 33.3 Å². The van der Waals surface area contributed by atoms with Crippen molar-refractivity contribution in [2.24, 2.45) is 5.41 Å². The Bertz CT molecular complexity index is 2050. The largest absolute Gasteiger partial charge is 0.464 e. The molecule has 0 spiro atoms. The third-order valence-corrected chi connectivity index (χ3v) is 11.5. The number of hydrogen-bond donors (Lipinski definition) is 2. The van der Waals surface area contributed by atoms with E-state index in [2.05, 4.69) is 60.3 Å². The highest BCUT2D eigenvalue weighted by Gasteiger charge is 2.38. The van der Waals surface area contributed by atoms with Crippen LogP contribution in [0.3, 0.4) is 0 Å². The molecule has 1 aromatic carbocycles. The first kappa shape index (κ1) is 52.7. The van der Waals surface area contributed by atoms with E-state index in [9.17, 15) is 14.4 Å². The summed E-state index contributed by atoms with van der Waals surface area (Å²) in [6, 6.07) is 8.79. The van der Waals surface area contributed by atoms with Gasteiger partial charge in [0.2, 0.25) is 0 Å². The quantitative estimate of drug-likeness (QED) is 0.236. The maximum Gasteiger partial charge on any atom is 0.324 e. The third kappa shape index (κ3) is 11.3. The summed E-state index contributed by atoms with van der Waals surface area (Å²) in [4.78, 5) is 51.2. The van der Waals surface area contributed by atoms with E-state index < -0.39 is 41.6 Å². The van der Waals surface area contributed by atoms with E-state index in [1.807, 2.05) is 18.4 Å². The molecule has 59 heavy (non-hydrogen) atoms. The van der Waals surface area contributed by atoms with Gasteiger partial charge in [-0.3, -0.25) is 24.4 Å².